The van der Waals surface area contributed by atoms with Crippen molar-refractivity contribution >= 4 is 0 Å². The summed E-state index contributed by atoms with van der Waals surface area (Å²) in [7, 11) is 1.84. The van der Waals surface area contributed by atoms with Crippen molar-refractivity contribution in [1.29, 1.82) is 0 Å². The summed E-state index contributed by atoms with van der Waals surface area (Å²) in [4.78, 5) is 4.10. The molecule has 1 unspecified atom stereocenters. The van der Waals surface area contributed by atoms with Crippen molar-refractivity contribution in [2.24, 2.45) is 7.05 Å². The summed E-state index contributed by atoms with van der Waals surface area (Å²) in [5.41, 5.74) is 0.565. The number of aromatic nitrogens is 2. The van der Waals surface area contributed by atoms with Gasteiger partial charge in [0.2, 0.25) is 0 Å². The minimum absolute atomic E-state index is 0.268. The molecule has 0 saturated heterocycles. The molecule has 1 aromatic carbocycles. The van der Waals surface area contributed by atoms with E-state index in [2.05, 4.69) is 4.98 Å². The Bertz CT molecular complexity index is 540. The fraction of sp³-hybridized carbons (Fsp3) is 0.308. The van der Waals surface area contributed by atoms with Crippen molar-refractivity contribution in [3.8, 4) is 0 Å². The molecular weight excluding hydrogens is 238 g/mol. The first-order chi connectivity index (χ1) is 8.56. The summed E-state index contributed by atoms with van der Waals surface area (Å²) in [5, 5.41) is 9.89. The van der Waals surface area contributed by atoms with Crippen LogP contribution in [-0.4, -0.2) is 20.8 Å². The standard InChI is InChI=1S/C13H14F2N2O/c1-17-5-4-16-13(17)8-10(18)6-9-2-3-11(14)12(15)7-9/h2-5,7,10,18H,6,8H2,1H3. The number of rotatable bonds is 4. The molecule has 0 bridgehead atoms. The van der Waals surface area contributed by atoms with Crippen LogP contribution in [0.25, 0.3) is 0 Å². The average Bonchev–Trinajstić information content (AvgIpc) is 2.70. The Balaban J connectivity index is 2.01. The largest absolute Gasteiger partial charge is 0.392 e. The van der Waals surface area contributed by atoms with Gasteiger partial charge in [-0.15, -0.1) is 0 Å². The van der Waals surface area contributed by atoms with Crippen LogP contribution in [0.4, 0.5) is 8.78 Å². The van der Waals surface area contributed by atoms with Gasteiger partial charge in [0.05, 0.1) is 6.10 Å². The number of aliphatic hydroxyl groups is 1. The van der Waals surface area contributed by atoms with Gasteiger partial charge in [0.25, 0.3) is 0 Å². The average molecular weight is 252 g/mol. The number of hydrogen-bond donors (Lipinski definition) is 1. The maximum atomic E-state index is 13.0. The van der Waals surface area contributed by atoms with Crippen LogP contribution < -0.4 is 0 Å². The van der Waals surface area contributed by atoms with Gasteiger partial charge in [0, 0.05) is 25.9 Å². The Hall–Kier alpha value is -1.75. The van der Waals surface area contributed by atoms with Crippen LogP contribution in [0.3, 0.4) is 0 Å². The summed E-state index contributed by atoms with van der Waals surface area (Å²) >= 11 is 0. The number of imidazole rings is 1. The molecule has 0 aliphatic heterocycles. The van der Waals surface area contributed by atoms with E-state index in [0.29, 0.717) is 12.0 Å². The first-order valence-corrected chi connectivity index (χ1v) is 5.64. The first kappa shape index (κ1) is 12.7. The van der Waals surface area contributed by atoms with E-state index >= 15 is 0 Å². The highest BCUT2D eigenvalue weighted by molar-refractivity contribution is 5.18. The minimum atomic E-state index is -0.892. The van der Waals surface area contributed by atoms with Crippen molar-refractivity contribution in [3.63, 3.8) is 0 Å². The normalized spacial score (nSPS) is 12.7. The monoisotopic (exact) mass is 252 g/mol. The van der Waals surface area contributed by atoms with Crippen LogP contribution in [0.5, 0.6) is 0 Å². The predicted molar refractivity (Wildman–Crippen MR) is 63.0 cm³/mol. The van der Waals surface area contributed by atoms with Gasteiger partial charge < -0.3 is 9.67 Å². The lowest BCUT2D eigenvalue weighted by Crippen LogP contribution is -2.16. The zero-order valence-electron chi connectivity index (χ0n) is 9.98. The number of benzene rings is 1. The summed E-state index contributed by atoms with van der Waals surface area (Å²) in [6.07, 6.45) is 3.42. The van der Waals surface area contributed by atoms with Crippen molar-refractivity contribution < 1.29 is 13.9 Å². The quantitative estimate of drug-likeness (QED) is 0.901. The molecule has 1 aromatic heterocycles. The zero-order valence-corrected chi connectivity index (χ0v) is 9.98. The molecule has 0 saturated carbocycles. The van der Waals surface area contributed by atoms with E-state index in [1.807, 2.05) is 11.6 Å². The second-order valence-electron chi connectivity index (χ2n) is 4.26. The summed E-state index contributed by atoms with van der Waals surface area (Å²) in [6, 6.07) is 3.65. The molecule has 5 heteroatoms. The molecule has 3 nitrogen and oxygen atoms in total. The second-order valence-corrected chi connectivity index (χ2v) is 4.26. The van der Waals surface area contributed by atoms with Gasteiger partial charge in [0.1, 0.15) is 5.82 Å². The van der Waals surface area contributed by atoms with E-state index in [-0.39, 0.29) is 6.42 Å². The molecule has 1 N–H and O–H groups in total. The van der Waals surface area contributed by atoms with E-state index < -0.39 is 17.7 Å². The molecule has 96 valence electrons. The number of nitrogens with zero attached hydrogens (tertiary/aromatic N) is 2. The second kappa shape index (κ2) is 5.27. The maximum absolute atomic E-state index is 13.0. The third kappa shape index (κ3) is 2.92. The number of hydrogen-bond acceptors (Lipinski definition) is 2. The minimum Gasteiger partial charge on any atom is -0.392 e. The van der Waals surface area contributed by atoms with Gasteiger partial charge in [0.15, 0.2) is 11.6 Å². The van der Waals surface area contributed by atoms with Crippen LogP contribution in [0.2, 0.25) is 0 Å². The van der Waals surface area contributed by atoms with E-state index in [1.165, 1.54) is 6.07 Å². The molecule has 0 amide bonds. The van der Waals surface area contributed by atoms with E-state index in [0.717, 1.165) is 18.0 Å². The van der Waals surface area contributed by atoms with Crippen molar-refractivity contribution in [1.82, 2.24) is 9.55 Å². The third-order valence-corrected chi connectivity index (χ3v) is 2.79. The summed E-state index contributed by atoms with van der Waals surface area (Å²) < 4.78 is 27.6. The highest BCUT2D eigenvalue weighted by Gasteiger charge is 2.11. The smallest absolute Gasteiger partial charge is 0.159 e. The van der Waals surface area contributed by atoms with Crippen molar-refractivity contribution in [3.05, 3.63) is 53.6 Å². The van der Waals surface area contributed by atoms with Gasteiger partial charge in [-0.3, -0.25) is 0 Å². The lowest BCUT2D eigenvalue weighted by molar-refractivity contribution is 0.172. The molecule has 2 rings (SSSR count). The molecule has 18 heavy (non-hydrogen) atoms. The lowest BCUT2D eigenvalue weighted by atomic mass is 10.1. The topological polar surface area (TPSA) is 38.0 Å². The molecule has 0 fully saturated rings. The third-order valence-electron chi connectivity index (χ3n) is 2.79. The SMILES string of the molecule is Cn1ccnc1CC(O)Cc1ccc(F)c(F)c1. The van der Waals surface area contributed by atoms with E-state index in [9.17, 15) is 13.9 Å². The van der Waals surface area contributed by atoms with Gasteiger partial charge in [-0.25, -0.2) is 13.8 Å². The predicted octanol–water partition coefficient (Wildman–Crippen LogP) is 1.84. The van der Waals surface area contributed by atoms with Crippen LogP contribution in [0.15, 0.2) is 30.6 Å². The van der Waals surface area contributed by atoms with Gasteiger partial charge in [-0.1, -0.05) is 6.07 Å². The molecular formula is C13H14F2N2O. The molecule has 0 aliphatic carbocycles. The first-order valence-electron chi connectivity index (χ1n) is 5.64. The van der Waals surface area contributed by atoms with E-state index in [1.54, 1.807) is 12.4 Å². The lowest BCUT2D eigenvalue weighted by Gasteiger charge is -2.10. The molecule has 0 radical (unpaired) electrons. The van der Waals surface area contributed by atoms with Gasteiger partial charge >= 0.3 is 0 Å². The Morgan fingerprint density at radius 3 is 2.67 bits per heavy atom. The Morgan fingerprint density at radius 2 is 2.06 bits per heavy atom. The maximum Gasteiger partial charge on any atom is 0.159 e. The van der Waals surface area contributed by atoms with Crippen molar-refractivity contribution in [2.45, 2.75) is 18.9 Å². The fourth-order valence-corrected chi connectivity index (χ4v) is 1.81. The highest BCUT2D eigenvalue weighted by Crippen LogP contribution is 2.12. The van der Waals surface area contributed by atoms with Crippen LogP contribution in [0.1, 0.15) is 11.4 Å². The van der Waals surface area contributed by atoms with Crippen LogP contribution >= 0.6 is 0 Å². The molecule has 0 aliphatic rings. The molecule has 2 aromatic rings. The highest BCUT2D eigenvalue weighted by atomic mass is 19.2. The van der Waals surface area contributed by atoms with E-state index in [4.69, 9.17) is 0 Å². The Kier molecular flexibility index (Phi) is 3.72. The Morgan fingerprint density at radius 1 is 1.28 bits per heavy atom. The summed E-state index contributed by atoms with van der Waals surface area (Å²) in [6.45, 7) is 0. The molecule has 0 spiro atoms. The van der Waals surface area contributed by atoms with Crippen LogP contribution in [-0.2, 0) is 19.9 Å². The van der Waals surface area contributed by atoms with Crippen LogP contribution in [0, 0.1) is 11.6 Å². The molecule has 1 heterocycles. The van der Waals surface area contributed by atoms with Crippen molar-refractivity contribution in [2.75, 3.05) is 0 Å². The number of aryl methyl sites for hydroxylation is 1. The number of aliphatic hydroxyl groups excluding tert-OH is 1. The Labute approximate surface area is 104 Å². The number of halogens is 2. The zero-order chi connectivity index (χ0) is 13.1. The van der Waals surface area contributed by atoms with Gasteiger partial charge in [-0.2, -0.15) is 0 Å². The summed E-state index contributed by atoms with van der Waals surface area (Å²) in [5.74, 6) is -1.01. The molecule has 1 atom stereocenters. The fourth-order valence-electron chi connectivity index (χ4n) is 1.81. The van der Waals surface area contributed by atoms with Gasteiger partial charge in [-0.05, 0) is 24.1 Å².